The second kappa shape index (κ2) is 11.0. The Balaban J connectivity index is 1.30. The third-order valence-corrected chi connectivity index (χ3v) is 7.89. The summed E-state index contributed by atoms with van der Waals surface area (Å²) in [6, 6.07) is 21.3. The van der Waals surface area contributed by atoms with Crippen molar-refractivity contribution in [3.05, 3.63) is 93.8 Å². The van der Waals surface area contributed by atoms with E-state index in [9.17, 15) is 9.59 Å². The number of ether oxygens (including phenoxy) is 2. The van der Waals surface area contributed by atoms with E-state index in [0.29, 0.717) is 34.9 Å². The highest BCUT2D eigenvalue weighted by molar-refractivity contribution is 5.76. The molecule has 0 radical (unpaired) electrons. The Morgan fingerprint density at radius 1 is 0.886 bits per heavy atom. The SMILES string of the molecule is CCCn1c(=O)n(C2CC2)c(=O)c2[nH]c(-c3ccc(-n4nc(-c5ccc(OC)cc5)cc4-c4ccc(OC)cc4)nc3)nc21. The van der Waals surface area contributed by atoms with Crippen molar-refractivity contribution in [1.82, 2.24) is 33.9 Å². The second-order valence-corrected chi connectivity index (χ2v) is 10.8. The molecule has 1 saturated carbocycles. The fourth-order valence-corrected chi connectivity index (χ4v) is 5.43. The van der Waals surface area contributed by atoms with E-state index in [2.05, 4.69) is 4.98 Å². The molecule has 7 rings (SSSR count). The number of benzene rings is 2. The number of hydrogen-bond acceptors (Lipinski definition) is 7. The molecule has 0 saturated heterocycles. The molecule has 4 aromatic heterocycles. The van der Waals surface area contributed by atoms with Gasteiger partial charge < -0.3 is 14.5 Å². The lowest BCUT2D eigenvalue weighted by atomic mass is 10.1. The van der Waals surface area contributed by atoms with Crippen molar-refractivity contribution in [1.29, 1.82) is 0 Å². The smallest absolute Gasteiger partial charge is 0.333 e. The highest BCUT2D eigenvalue weighted by atomic mass is 16.5. The molecule has 11 heteroatoms. The van der Waals surface area contributed by atoms with Gasteiger partial charge in [-0.2, -0.15) is 5.10 Å². The Labute approximate surface area is 252 Å². The molecule has 0 spiro atoms. The first kappa shape index (κ1) is 27.4. The van der Waals surface area contributed by atoms with Crippen LogP contribution < -0.4 is 20.7 Å². The number of fused-ring (bicyclic) bond motifs is 1. The number of pyridine rings is 1. The third-order valence-electron chi connectivity index (χ3n) is 7.89. The molecule has 1 N–H and O–H groups in total. The molecule has 0 bridgehead atoms. The van der Waals surface area contributed by atoms with E-state index in [4.69, 9.17) is 24.5 Å². The largest absolute Gasteiger partial charge is 0.497 e. The van der Waals surface area contributed by atoms with Gasteiger partial charge in [0.25, 0.3) is 5.56 Å². The number of nitrogens with one attached hydrogen (secondary N) is 1. The summed E-state index contributed by atoms with van der Waals surface area (Å²) in [5, 5.41) is 4.92. The fourth-order valence-electron chi connectivity index (χ4n) is 5.43. The highest BCUT2D eigenvalue weighted by Gasteiger charge is 2.30. The lowest BCUT2D eigenvalue weighted by molar-refractivity contribution is 0.414. The van der Waals surface area contributed by atoms with Crippen LogP contribution in [0.15, 0.2) is 82.5 Å². The first-order valence-electron chi connectivity index (χ1n) is 14.6. The molecule has 1 aliphatic rings. The van der Waals surface area contributed by atoms with Crippen molar-refractivity contribution in [2.45, 2.75) is 38.8 Å². The number of nitrogens with zero attached hydrogens (tertiary/aromatic N) is 6. The van der Waals surface area contributed by atoms with Crippen LogP contribution in [0.25, 0.3) is 50.9 Å². The molecule has 0 aliphatic heterocycles. The minimum absolute atomic E-state index is 0.0352. The van der Waals surface area contributed by atoms with Gasteiger partial charge in [-0.05, 0) is 86.0 Å². The van der Waals surface area contributed by atoms with Crippen LogP contribution in [-0.2, 0) is 6.54 Å². The summed E-state index contributed by atoms with van der Waals surface area (Å²) in [5.74, 6) is 2.61. The zero-order valence-electron chi connectivity index (χ0n) is 24.7. The predicted molar refractivity (Wildman–Crippen MR) is 168 cm³/mol. The molecule has 11 nitrogen and oxygen atoms in total. The Hall–Kier alpha value is -5.45. The minimum atomic E-state index is -0.324. The molecule has 0 unspecified atom stereocenters. The van der Waals surface area contributed by atoms with Crippen molar-refractivity contribution in [3.8, 4) is 51.2 Å². The summed E-state index contributed by atoms with van der Waals surface area (Å²) in [7, 11) is 3.28. The average Bonchev–Trinajstić information content (AvgIpc) is 3.62. The molecular formula is C33H31N7O4. The normalized spacial score (nSPS) is 13.0. The first-order valence-corrected chi connectivity index (χ1v) is 14.6. The van der Waals surface area contributed by atoms with Crippen molar-refractivity contribution in [2.75, 3.05) is 14.2 Å². The lowest BCUT2D eigenvalue weighted by Crippen LogP contribution is -2.39. The zero-order valence-corrected chi connectivity index (χ0v) is 24.7. The van der Waals surface area contributed by atoms with Crippen molar-refractivity contribution < 1.29 is 9.47 Å². The van der Waals surface area contributed by atoms with E-state index in [1.807, 2.05) is 73.7 Å². The zero-order chi connectivity index (χ0) is 30.4. The van der Waals surface area contributed by atoms with E-state index in [-0.39, 0.29) is 17.3 Å². The van der Waals surface area contributed by atoms with Crippen LogP contribution in [0.1, 0.15) is 32.2 Å². The van der Waals surface area contributed by atoms with Gasteiger partial charge in [-0.1, -0.05) is 6.92 Å². The molecular weight excluding hydrogens is 558 g/mol. The fraction of sp³-hybridized carbons (Fsp3) is 0.242. The van der Waals surface area contributed by atoms with Crippen molar-refractivity contribution >= 4 is 11.2 Å². The van der Waals surface area contributed by atoms with Gasteiger partial charge in [0.05, 0.1) is 25.6 Å². The van der Waals surface area contributed by atoms with E-state index < -0.39 is 0 Å². The number of imidazole rings is 1. The number of hydrogen-bond donors (Lipinski definition) is 1. The number of rotatable bonds is 9. The van der Waals surface area contributed by atoms with Gasteiger partial charge in [-0.25, -0.2) is 19.4 Å². The molecule has 4 heterocycles. The summed E-state index contributed by atoms with van der Waals surface area (Å²) in [5.41, 5.74) is 4.29. The quantitative estimate of drug-likeness (QED) is 0.245. The maximum absolute atomic E-state index is 13.3. The number of aryl methyl sites for hydroxylation is 1. The van der Waals surface area contributed by atoms with Crippen LogP contribution in [0, 0.1) is 0 Å². The van der Waals surface area contributed by atoms with Gasteiger partial charge in [-0.3, -0.25) is 13.9 Å². The summed E-state index contributed by atoms with van der Waals surface area (Å²) >= 11 is 0. The van der Waals surface area contributed by atoms with Crippen molar-refractivity contribution in [2.24, 2.45) is 0 Å². The monoisotopic (exact) mass is 589 g/mol. The molecule has 6 aromatic rings. The van der Waals surface area contributed by atoms with Gasteiger partial charge >= 0.3 is 5.69 Å². The third kappa shape index (κ3) is 4.76. The maximum Gasteiger partial charge on any atom is 0.333 e. The molecule has 222 valence electrons. The van der Waals surface area contributed by atoms with Crippen LogP contribution in [0.4, 0.5) is 0 Å². The van der Waals surface area contributed by atoms with Gasteiger partial charge in [-0.15, -0.1) is 0 Å². The van der Waals surface area contributed by atoms with E-state index in [1.54, 1.807) is 29.7 Å². The van der Waals surface area contributed by atoms with Crippen LogP contribution in [-0.4, -0.2) is 48.1 Å². The first-order chi connectivity index (χ1) is 21.5. The van der Waals surface area contributed by atoms with Gasteiger partial charge in [0.15, 0.2) is 11.5 Å². The number of methoxy groups -OCH3 is 2. The molecule has 2 aromatic carbocycles. The van der Waals surface area contributed by atoms with Gasteiger partial charge in [0, 0.05) is 35.5 Å². The lowest BCUT2D eigenvalue weighted by Gasteiger charge is -2.09. The predicted octanol–water partition coefficient (Wildman–Crippen LogP) is 5.23. The Morgan fingerprint density at radius 2 is 1.55 bits per heavy atom. The van der Waals surface area contributed by atoms with Crippen molar-refractivity contribution in [3.63, 3.8) is 0 Å². The van der Waals surface area contributed by atoms with E-state index in [1.165, 1.54) is 4.57 Å². The van der Waals surface area contributed by atoms with Crippen LogP contribution in [0.2, 0.25) is 0 Å². The number of aromatic amines is 1. The second-order valence-electron chi connectivity index (χ2n) is 10.8. The van der Waals surface area contributed by atoms with Crippen LogP contribution >= 0.6 is 0 Å². The number of aromatic nitrogens is 7. The summed E-state index contributed by atoms with van der Waals surface area (Å²) in [4.78, 5) is 39.1. The topological polar surface area (TPSA) is 122 Å². The molecule has 0 amide bonds. The van der Waals surface area contributed by atoms with Gasteiger partial charge in [0.2, 0.25) is 0 Å². The maximum atomic E-state index is 13.3. The van der Waals surface area contributed by atoms with Gasteiger partial charge in [0.1, 0.15) is 22.8 Å². The average molecular weight is 590 g/mol. The Bertz CT molecular complexity index is 2080. The molecule has 1 fully saturated rings. The van der Waals surface area contributed by atoms with E-state index >= 15 is 0 Å². The Kier molecular flexibility index (Phi) is 6.84. The standard InChI is InChI=1S/C33H31N7O4/c1-4-17-38-31-29(32(41)39(33(38)42)23-10-11-23)35-30(36-31)22-9-16-28(34-19-22)40-27(21-7-14-25(44-3)15-8-21)18-26(37-40)20-5-12-24(43-2)13-6-20/h5-9,12-16,18-19,23H,4,10-11,17H2,1-3H3,(H,35,36). The number of H-pyrrole nitrogens is 1. The summed E-state index contributed by atoms with van der Waals surface area (Å²) < 4.78 is 15.5. The molecule has 0 atom stereocenters. The Morgan fingerprint density at radius 3 is 2.14 bits per heavy atom. The summed E-state index contributed by atoms with van der Waals surface area (Å²) in [6.45, 7) is 2.48. The van der Waals surface area contributed by atoms with E-state index in [0.717, 1.165) is 53.3 Å². The summed E-state index contributed by atoms with van der Waals surface area (Å²) in [6.07, 6.45) is 4.12. The van der Waals surface area contributed by atoms with Crippen LogP contribution in [0.3, 0.4) is 0 Å². The highest BCUT2D eigenvalue weighted by Crippen LogP contribution is 2.33. The van der Waals surface area contributed by atoms with Crippen LogP contribution in [0.5, 0.6) is 11.5 Å². The molecule has 1 aliphatic carbocycles. The molecule has 44 heavy (non-hydrogen) atoms. The minimum Gasteiger partial charge on any atom is -0.497 e.